The molecule has 1 aromatic carbocycles. The van der Waals surface area contributed by atoms with Gasteiger partial charge in [-0.2, -0.15) is 0 Å². The number of para-hydroxylation sites is 1. The van der Waals surface area contributed by atoms with Gasteiger partial charge < -0.3 is 19.1 Å². The molecule has 0 spiro atoms. The molecule has 0 aliphatic carbocycles. The van der Waals surface area contributed by atoms with Crippen LogP contribution in [0.25, 0.3) is 0 Å². The van der Waals surface area contributed by atoms with E-state index in [0.717, 1.165) is 17.7 Å². The average Bonchev–Trinajstić information content (AvgIpc) is 3.07. The first kappa shape index (κ1) is 24.7. The molecule has 9 heteroatoms. The van der Waals surface area contributed by atoms with Gasteiger partial charge in [0.2, 0.25) is 17.7 Å². The Labute approximate surface area is 193 Å². The third-order valence-electron chi connectivity index (χ3n) is 6.38. The molecule has 2 saturated heterocycles. The normalized spacial score (nSPS) is 23.1. The number of likely N-dealkylation sites (tertiary alicyclic amines) is 2. The van der Waals surface area contributed by atoms with Crippen LogP contribution < -0.4 is 4.74 Å². The van der Waals surface area contributed by atoms with Crippen molar-refractivity contribution in [2.45, 2.75) is 50.5 Å². The van der Waals surface area contributed by atoms with Gasteiger partial charge in [0.1, 0.15) is 11.8 Å². The van der Waals surface area contributed by atoms with Crippen molar-refractivity contribution >= 4 is 23.7 Å². The molecule has 180 valence electrons. The molecule has 2 aliphatic rings. The Morgan fingerprint density at radius 2 is 1.91 bits per heavy atom. The number of nitrogens with zero attached hydrogens (tertiary/aromatic N) is 2. The van der Waals surface area contributed by atoms with Gasteiger partial charge in [0, 0.05) is 32.1 Å². The second-order valence-electron chi connectivity index (χ2n) is 8.33. The fraction of sp³-hybridized carbons (Fsp3) is 0.583. The zero-order valence-electron chi connectivity index (χ0n) is 19.5. The summed E-state index contributed by atoms with van der Waals surface area (Å²) in [7, 11) is 2.98. The highest BCUT2D eigenvalue weighted by Gasteiger charge is 2.55. The minimum Gasteiger partial charge on any atom is -0.496 e. The number of hydrogen-bond acceptors (Lipinski definition) is 7. The van der Waals surface area contributed by atoms with Crippen LogP contribution in [0.15, 0.2) is 24.3 Å². The molecule has 2 atom stereocenters. The lowest BCUT2D eigenvalue weighted by Gasteiger charge is -2.37. The van der Waals surface area contributed by atoms with Crippen LogP contribution in [0, 0.1) is 0 Å². The highest BCUT2D eigenvalue weighted by molar-refractivity contribution is 6.11. The van der Waals surface area contributed by atoms with Gasteiger partial charge in [-0.15, -0.1) is 0 Å². The fourth-order valence-electron chi connectivity index (χ4n) is 4.77. The van der Waals surface area contributed by atoms with Crippen LogP contribution in [-0.4, -0.2) is 80.1 Å². The van der Waals surface area contributed by atoms with Gasteiger partial charge in [0.05, 0.1) is 32.3 Å². The summed E-state index contributed by atoms with van der Waals surface area (Å²) in [6.07, 6.45) is 1.69. The maximum Gasteiger partial charge on any atom is 0.328 e. The first-order valence-electron chi connectivity index (χ1n) is 11.3. The smallest absolute Gasteiger partial charge is 0.328 e. The SMILES string of the molecule is CCOC(=O)C1CCCCN1C(=O)CC1(c2ccccc2OC)CC(=O)N(CCOC)C1=O. The van der Waals surface area contributed by atoms with E-state index in [0.29, 0.717) is 24.3 Å². The summed E-state index contributed by atoms with van der Waals surface area (Å²) < 4.78 is 15.7. The quantitative estimate of drug-likeness (QED) is 0.408. The minimum atomic E-state index is -1.41. The van der Waals surface area contributed by atoms with E-state index in [-0.39, 0.29) is 44.4 Å². The van der Waals surface area contributed by atoms with Gasteiger partial charge in [0.15, 0.2) is 0 Å². The summed E-state index contributed by atoms with van der Waals surface area (Å²) in [4.78, 5) is 55.4. The first-order chi connectivity index (χ1) is 15.9. The van der Waals surface area contributed by atoms with Crippen LogP contribution in [0.2, 0.25) is 0 Å². The molecule has 9 nitrogen and oxygen atoms in total. The Hall–Kier alpha value is -2.94. The molecule has 0 radical (unpaired) electrons. The molecule has 2 unspecified atom stereocenters. The van der Waals surface area contributed by atoms with Crippen LogP contribution >= 0.6 is 0 Å². The standard InChI is InChI=1S/C24H32N2O7/c1-4-33-22(29)18-10-7-8-12-25(18)20(27)15-24(17-9-5-6-11-19(17)32-3)16-21(28)26(23(24)30)13-14-31-2/h5-6,9,11,18H,4,7-8,10,12-16H2,1-3H3. The van der Waals surface area contributed by atoms with E-state index in [4.69, 9.17) is 14.2 Å². The van der Waals surface area contributed by atoms with Crippen molar-refractivity contribution in [3.05, 3.63) is 29.8 Å². The largest absolute Gasteiger partial charge is 0.496 e. The van der Waals surface area contributed by atoms with Crippen molar-refractivity contribution in [1.29, 1.82) is 0 Å². The van der Waals surface area contributed by atoms with E-state index in [9.17, 15) is 19.2 Å². The number of imide groups is 1. The molecule has 2 aliphatic heterocycles. The Morgan fingerprint density at radius 3 is 2.61 bits per heavy atom. The lowest BCUT2D eigenvalue weighted by molar-refractivity contribution is -0.157. The zero-order valence-corrected chi connectivity index (χ0v) is 19.5. The number of methoxy groups -OCH3 is 2. The van der Waals surface area contributed by atoms with Gasteiger partial charge in [0.25, 0.3) is 0 Å². The maximum atomic E-state index is 13.7. The Bertz CT molecular complexity index is 903. The van der Waals surface area contributed by atoms with Crippen LogP contribution in [0.1, 0.15) is 44.6 Å². The predicted molar refractivity (Wildman–Crippen MR) is 118 cm³/mol. The highest BCUT2D eigenvalue weighted by Crippen LogP contribution is 2.44. The lowest BCUT2D eigenvalue weighted by Crippen LogP contribution is -2.51. The molecule has 0 N–H and O–H groups in total. The van der Waals surface area contributed by atoms with Gasteiger partial charge in [-0.3, -0.25) is 19.3 Å². The molecule has 2 heterocycles. The van der Waals surface area contributed by atoms with Crippen molar-refractivity contribution in [3.63, 3.8) is 0 Å². The first-order valence-corrected chi connectivity index (χ1v) is 11.3. The van der Waals surface area contributed by atoms with E-state index in [1.165, 1.54) is 19.1 Å². The van der Waals surface area contributed by atoms with E-state index in [1.54, 1.807) is 31.2 Å². The number of carbonyl (C=O) groups is 4. The number of benzene rings is 1. The van der Waals surface area contributed by atoms with Crippen molar-refractivity contribution in [3.8, 4) is 5.75 Å². The zero-order chi connectivity index (χ0) is 24.0. The maximum absolute atomic E-state index is 13.7. The fourth-order valence-corrected chi connectivity index (χ4v) is 4.77. The second kappa shape index (κ2) is 10.8. The van der Waals surface area contributed by atoms with Crippen molar-refractivity contribution in [2.75, 3.05) is 40.5 Å². The summed E-state index contributed by atoms with van der Waals surface area (Å²) in [6, 6.07) is 6.26. The number of ether oxygens (including phenoxy) is 3. The van der Waals surface area contributed by atoms with E-state index in [2.05, 4.69) is 0 Å². The number of amides is 3. The topological polar surface area (TPSA) is 102 Å². The van der Waals surface area contributed by atoms with Crippen LogP contribution in [0.4, 0.5) is 0 Å². The average molecular weight is 461 g/mol. The summed E-state index contributed by atoms with van der Waals surface area (Å²) in [5, 5.41) is 0. The van der Waals surface area contributed by atoms with Gasteiger partial charge in [-0.05, 0) is 32.3 Å². The van der Waals surface area contributed by atoms with Crippen LogP contribution in [0.3, 0.4) is 0 Å². The lowest BCUT2D eigenvalue weighted by atomic mass is 9.75. The summed E-state index contributed by atoms with van der Waals surface area (Å²) >= 11 is 0. The van der Waals surface area contributed by atoms with Gasteiger partial charge in [-0.25, -0.2) is 4.79 Å². The molecule has 0 saturated carbocycles. The van der Waals surface area contributed by atoms with Gasteiger partial charge in [-0.1, -0.05) is 18.2 Å². The van der Waals surface area contributed by atoms with E-state index in [1.807, 2.05) is 0 Å². The van der Waals surface area contributed by atoms with E-state index >= 15 is 0 Å². The third-order valence-corrected chi connectivity index (χ3v) is 6.38. The Morgan fingerprint density at radius 1 is 1.15 bits per heavy atom. The molecule has 0 aromatic heterocycles. The highest BCUT2D eigenvalue weighted by atomic mass is 16.5. The molecule has 3 amide bonds. The molecule has 3 rings (SSSR count). The molecular weight excluding hydrogens is 428 g/mol. The van der Waals surface area contributed by atoms with E-state index < -0.39 is 23.3 Å². The molecule has 33 heavy (non-hydrogen) atoms. The Balaban J connectivity index is 1.99. The second-order valence-corrected chi connectivity index (χ2v) is 8.33. The summed E-state index contributed by atoms with van der Waals surface area (Å²) in [5.74, 6) is -1.18. The molecule has 0 bridgehead atoms. The predicted octanol–water partition coefficient (Wildman–Crippen LogP) is 1.67. The van der Waals surface area contributed by atoms with Crippen molar-refractivity contribution in [1.82, 2.24) is 9.80 Å². The third kappa shape index (κ3) is 4.88. The van der Waals surface area contributed by atoms with Gasteiger partial charge >= 0.3 is 5.97 Å². The van der Waals surface area contributed by atoms with Crippen molar-refractivity contribution < 1.29 is 33.4 Å². The molecule has 1 aromatic rings. The number of hydrogen-bond donors (Lipinski definition) is 0. The van der Waals surface area contributed by atoms with Crippen LogP contribution in [0.5, 0.6) is 5.75 Å². The molecule has 2 fully saturated rings. The summed E-state index contributed by atoms with van der Waals surface area (Å²) in [6.45, 7) is 2.66. The summed E-state index contributed by atoms with van der Waals surface area (Å²) in [5.41, 5.74) is -0.922. The monoisotopic (exact) mass is 460 g/mol. The molecular formula is C24H32N2O7. The van der Waals surface area contributed by atoms with Crippen molar-refractivity contribution in [2.24, 2.45) is 0 Å². The minimum absolute atomic E-state index is 0.106. The number of rotatable bonds is 9. The number of piperidine rings is 1. The van der Waals surface area contributed by atoms with Crippen LogP contribution in [-0.2, 0) is 34.1 Å². The number of carbonyl (C=O) groups excluding carboxylic acids is 4. The number of esters is 1. The Kier molecular flexibility index (Phi) is 8.07.